The quantitative estimate of drug-likeness (QED) is 0.671. The van der Waals surface area contributed by atoms with E-state index >= 15 is 0 Å². The molecule has 0 radical (unpaired) electrons. The normalized spacial score (nSPS) is 10.4. The zero-order chi connectivity index (χ0) is 13.1. The van der Waals surface area contributed by atoms with Crippen molar-refractivity contribution in [3.05, 3.63) is 41.4 Å². The Morgan fingerprint density at radius 3 is 2.56 bits per heavy atom. The summed E-state index contributed by atoms with van der Waals surface area (Å²) in [6.07, 6.45) is 2.03. The van der Waals surface area contributed by atoms with E-state index in [2.05, 4.69) is 0 Å². The molecule has 94 valence electrons. The number of methoxy groups -OCH3 is 1. The molecule has 0 aliphatic rings. The average Bonchev–Trinajstić information content (AvgIpc) is 2.41. The van der Waals surface area contributed by atoms with Crippen LogP contribution in [0.3, 0.4) is 0 Å². The molecule has 2 nitrogen and oxygen atoms in total. The summed E-state index contributed by atoms with van der Waals surface area (Å²) in [7, 11) is 1.66. The largest absolute Gasteiger partial charge is 0.497 e. The lowest BCUT2D eigenvalue weighted by Crippen LogP contribution is -1.92. The molecule has 0 amide bonds. The van der Waals surface area contributed by atoms with Gasteiger partial charge in [-0.15, -0.1) is 11.8 Å². The van der Waals surface area contributed by atoms with E-state index in [0.717, 1.165) is 27.5 Å². The highest BCUT2D eigenvalue weighted by Gasteiger charge is 2.09. The Hall–Kier alpha value is -1.32. The van der Waals surface area contributed by atoms with Gasteiger partial charge in [0.05, 0.1) is 7.11 Å². The van der Waals surface area contributed by atoms with Crippen LogP contribution in [0.4, 0.5) is 5.69 Å². The van der Waals surface area contributed by atoms with E-state index in [1.54, 1.807) is 24.9 Å². The molecule has 18 heavy (non-hydrogen) atoms. The van der Waals surface area contributed by atoms with Crippen LogP contribution in [0.5, 0.6) is 5.75 Å². The minimum absolute atomic E-state index is 0.682. The molecule has 2 aromatic carbocycles. The highest BCUT2D eigenvalue weighted by molar-refractivity contribution is 7.98. The SMILES string of the molecule is COc1ccc(-c2cc(Cl)ccc2N)c(SC)c1. The number of hydrogen-bond acceptors (Lipinski definition) is 3. The first kappa shape index (κ1) is 13.1. The smallest absolute Gasteiger partial charge is 0.120 e. The Balaban J connectivity index is 2.59. The number of nitrogens with two attached hydrogens (primary N) is 1. The van der Waals surface area contributed by atoms with Gasteiger partial charge in [-0.1, -0.05) is 11.6 Å². The Labute approximate surface area is 116 Å². The average molecular weight is 280 g/mol. The predicted molar refractivity (Wildman–Crippen MR) is 79.6 cm³/mol. The summed E-state index contributed by atoms with van der Waals surface area (Å²) in [5, 5.41) is 0.682. The van der Waals surface area contributed by atoms with E-state index in [0.29, 0.717) is 5.02 Å². The van der Waals surface area contributed by atoms with E-state index in [1.807, 2.05) is 36.6 Å². The number of anilines is 1. The molecule has 0 heterocycles. The third-order valence-electron chi connectivity index (χ3n) is 2.71. The van der Waals surface area contributed by atoms with Crippen molar-refractivity contribution < 1.29 is 4.74 Å². The van der Waals surface area contributed by atoms with Crippen molar-refractivity contribution in [2.45, 2.75) is 4.90 Å². The molecular weight excluding hydrogens is 266 g/mol. The molecule has 0 aliphatic carbocycles. The van der Waals surface area contributed by atoms with Crippen LogP contribution < -0.4 is 10.5 Å². The highest BCUT2D eigenvalue weighted by atomic mass is 35.5. The van der Waals surface area contributed by atoms with Crippen LogP contribution in [0.2, 0.25) is 5.02 Å². The van der Waals surface area contributed by atoms with E-state index in [4.69, 9.17) is 22.1 Å². The first-order chi connectivity index (χ1) is 8.65. The van der Waals surface area contributed by atoms with Crippen LogP contribution in [-0.2, 0) is 0 Å². The molecule has 0 saturated carbocycles. The summed E-state index contributed by atoms with van der Waals surface area (Å²) < 4.78 is 5.23. The van der Waals surface area contributed by atoms with Crippen LogP contribution in [-0.4, -0.2) is 13.4 Å². The fraction of sp³-hybridized carbons (Fsp3) is 0.143. The molecular formula is C14H14ClNOS. The molecule has 0 spiro atoms. The zero-order valence-corrected chi connectivity index (χ0v) is 11.8. The van der Waals surface area contributed by atoms with Crippen molar-refractivity contribution in [1.82, 2.24) is 0 Å². The molecule has 4 heteroatoms. The van der Waals surface area contributed by atoms with E-state index < -0.39 is 0 Å². The number of nitrogen functional groups attached to an aromatic ring is 1. The van der Waals surface area contributed by atoms with E-state index in [1.165, 1.54) is 0 Å². The van der Waals surface area contributed by atoms with Crippen LogP contribution in [0.1, 0.15) is 0 Å². The zero-order valence-electron chi connectivity index (χ0n) is 10.2. The molecule has 0 aliphatic heterocycles. The maximum atomic E-state index is 6.03. The molecule has 2 rings (SSSR count). The summed E-state index contributed by atoms with van der Waals surface area (Å²) in [6.45, 7) is 0. The fourth-order valence-electron chi connectivity index (χ4n) is 1.78. The van der Waals surface area contributed by atoms with Crippen molar-refractivity contribution in [2.75, 3.05) is 19.1 Å². The predicted octanol–water partition coefficient (Wildman–Crippen LogP) is 4.32. The Kier molecular flexibility index (Phi) is 4.04. The van der Waals surface area contributed by atoms with E-state index in [-0.39, 0.29) is 0 Å². The summed E-state index contributed by atoms with van der Waals surface area (Å²) >= 11 is 7.69. The summed E-state index contributed by atoms with van der Waals surface area (Å²) in [4.78, 5) is 1.11. The van der Waals surface area contributed by atoms with Crippen molar-refractivity contribution >= 4 is 29.1 Å². The lowest BCUT2D eigenvalue weighted by atomic mass is 10.0. The van der Waals surface area contributed by atoms with Gasteiger partial charge in [-0.2, -0.15) is 0 Å². The lowest BCUT2D eigenvalue weighted by Gasteiger charge is -2.12. The number of ether oxygens (including phenoxy) is 1. The van der Waals surface area contributed by atoms with Crippen LogP contribution in [0, 0.1) is 0 Å². The molecule has 0 atom stereocenters. The van der Waals surface area contributed by atoms with Gasteiger partial charge >= 0.3 is 0 Å². The van der Waals surface area contributed by atoms with Gasteiger partial charge in [0.15, 0.2) is 0 Å². The highest BCUT2D eigenvalue weighted by Crippen LogP contribution is 2.37. The van der Waals surface area contributed by atoms with Crippen molar-refractivity contribution in [1.29, 1.82) is 0 Å². The standard InChI is InChI=1S/C14H14ClNOS/c1-17-10-4-5-11(14(8-10)18-2)12-7-9(15)3-6-13(12)16/h3-8H,16H2,1-2H3. The number of hydrogen-bond donors (Lipinski definition) is 1. The minimum atomic E-state index is 0.682. The van der Waals surface area contributed by atoms with Crippen LogP contribution >= 0.6 is 23.4 Å². The second kappa shape index (κ2) is 5.55. The maximum Gasteiger partial charge on any atom is 0.120 e. The maximum absolute atomic E-state index is 6.03. The number of benzene rings is 2. The van der Waals surface area contributed by atoms with Crippen molar-refractivity contribution in [3.63, 3.8) is 0 Å². The van der Waals surface area contributed by atoms with Crippen molar-refractivity contribution in [3.8, 4) is 16.9 Å². The summed E-state index contributed by atoms with van der Waals surface area (Å²) in [6, 6.07) is 11.4. The molecule has 0 unspecified atom stereocenters. The Morgan fingerprint density at radius 2 is 1.89 bits per heavy atom. The van der Waals surface area contributed by atoms with E-state index in [9.17, 15) is 0 Å². The summed E-state index contributed by atoms with van der Waals surface area (Å²) in [5.74, 6) is 0.837. The van der Waals surface area contributed by atoms with Gasteiger partial charge in [0, 0.05) is 21.2 Å². The Morgan fingerprint density at radius 1 is 1.11 bits per heavy atom. The molecule has 2 N–H and O–H groups in total. The monoisotopic (exact) mass is 279 g/mol. The topological polar surface area (TPSA) is 35.2 Å². The van der Waals surface area contributed by atoms with Gasteiger partial charge in [-0.3, -0.25) is 0 Å². The van der Waals surface area contributed by atoms with Gasteiger partial charge in [0.1, 0.15) is 5.75 Å². The molecule has 0 fully saturated rings. The number of thioether (sulfide) groups is 1. The van der Waals surface area contributed by atoms with Crippen molar-refractivity contribution in [2.24, 2.45) is 0 Å². The van der Waals surface area contributed by atoms with Gasteiger partial charge in [-0.25, -0.2) is 0 Å². The van der Waals surface area contributed by atoms with Gasteiger partial charge < -0.3 is 10.5 Å². The van der Waals surface area contributed by atoms with Crippen LogP contribution in [0.25, 0.3) is 11.1 Å². The third kappa shape index (κ3) is 2.57. The molecule has 2 aromatic rings. The van der Waals surface area contributed by atoms with Crippen LogP contribution in [0.15, 0.2) is 41.3 Å². The van der Waals surface area contributed by atoms with Gasteiger partial charge in [0.25, 0.3) is 0 Å². The van der Waals surface area contributed by atoms with Gasteiger partial charge in [0.2, 0.25) is 0 Å². The second-order valence-electron chi connectivity index (χ2n) is 3.80. The molecule has 0 aromatic heterocycles. The number of halogens is 1. The Bertz CT molecular complexity index is 572. The minimum Gasteiger partial charge on any atom is -0.497 e. The third-order valence-corrected chi connectivity index (χ3v) is 3.73. The molecule has 0 bridgehead atoms. The lowest BCUT2D eigenvalue weighted by molar-refractivity contribution is 0.414. The second-order valence-corrected chi connectivity index (χ2v) is 5.08. The molecule has 0 saturated heterocycles. The fourth-order valence-corrected chi connectivity index (χ4v) is 2.59. The summed E-state index contributed by atoms with van der Waals surface area (Å²) in [5.41, 5.74) is 8.76. The van der Waals surface area contributed by atoms with Gasteiger partial charge in [-0.05, 0) is 48.2 Å². The first-order valence-corrected chi connectivity index (χ1v) is 7.03. The first-order valence-electron chi connectivity index (χ1n) is 5.43. The number of rotatable bonds is 3.